The van der Waals surface area contributed by atoms with Gasteiger partial charge in [-0.15, -0.1) is 0 Å². The SMILES string of the molecule is COc1c(C)ccc(C(N)CO)c1C. The molecule has 1 aromatic carbocycles. The summed E-state index contributed by atoms with van der Waals surface area (Å²) in [6, 6.07) is 3.56. The van der Waals surface area contributed by atoms with Gasteiger partial charge in [0.1, 0.15) is 5.75 Å². The lowest BCUT2D eigenvalue weighted by Crippen LogP contribution is -2.16. The molecule has 3 nitrogen and oxygen atoms in total. The Labute approximate surface area is 84.5 Å². The molecule has 14 heavy (non-hydrogen) atoms. The van der Waals surface area contributed by atoms with Crippen LogP contribution in [0.15, 0.2) is 12.1 Å². The summed E-state index contributed by atoms with van der Waals surface area (Å²) in [5.74, 6) is 0.853. The van der Waals surface area contributed by atoms with E-state index in [2.05, 4.69) is 0 Å². The summed E-state index contributed by atoms with van der Waals surface area (Å²) in [6.45, 7) is 3.89. The Morgan fingerprint density at radius 3 is 2.57 bits per heavy atom. The van der Waals surface area contributed by atoms with Crippen LogP contribution < -0.4 is 10.5 Å². The van der Waals surface area contributed by atoms with Crippen LogP contribution in [0.1, 0.15) is 22.7 Å². The number of aryl methyl sites for hydroxylation is 1. The zero-order chi connectivity index (χ0) is 10.7. The molecule has 0 fully saturated rings. The fourth-order valence-corrected chi connectivity index (χ4v) is 1.66. The topological polar surface area (TPSA) is 55.5 Å². The van der Waals surface area contributed by atoms with Crippen molar-refractivity contribution in [1.82, 2.24) is 0 Å². The second-order valence-corrected chi connectivity index (χ2v) is 3.42. The van der Waals surface area contributed by atoms with Crippen LogP contribution in [0.5, 0.6) is 5.75 Å². The second-order valence-electron chi connectivity index (χ2n) is 3.42. The van der Waals surface area contributed by atoms with Crippen molar-refractivity contribution in [1.29, 1.82) is 0 Å². The molecular weight excluding hydrogens is 178 g/mol. The second kappa shape index (κ2) is 4.44. The lowest BCUT2D eigenvalue weighted by atomic mass is 9.99. The molecule has 1 unspecified atom stereocenters. The van der Waals surface area contributed by atoms with E-state index in [9.17, 15) is 0 Å². The largest absolute Gasteiger partial charge is 0.496 e. The summed E-state index contributed by atoms with van der Waals surface area (Å²) in [7, 11) is 1.64. The average Bonchev–Trinajstić information content (AvgIpc) is 2.18. The van der Waals surface area contributed by atoms with Gasteiger partial charge < -0.3 is 15.6 Å². The summed E-state index contributed by atoms with van der Waals surface area (Å²) in [5.41, 5.74) is 8.79. The molecule has 0 spiro atoms. The van der Waals surface area contributed by atoms with Gasteiger partial charge in [0.2, 0.25) is 0 Å². The van der Waals surface area contributed by atoms with E-state index in [-0.39, 0.29) is 12.6 Å². The molecule has 1 aromatic rings. The van der Waals surface area contributed by atoms with E-state index >= 15 is 0 Å². The monoisotopic (exact) mass is 195 g/mol. The Balaban J connectivity index is 3.21. The van der Waals surface area contributed by atoms with Crippen LogP contribution in [0.25, 0.3) is 0 Å². The highest BCUT2D eigenvalue weighted by Crippen LogP contribution is 2.28. The third-order valence-corrected chi connectivity index (χ3v) is 2.44. The fraction of sp³-hybridized carbons (Fsp3) is 0.455. The van der Waals surface area contributed by atoms with Gasteiger partial charge in [0.05, 0.1) is 19.8 Å². The van der Waals surface area contributed by atoms with Crippen LogP contribution in [-0.2, 0) is 0 Å². The zero-order valence-corrected chi connectivity index (χ0v) is 8.87. The van der Waals surface area contributed by atoms with Crippen LogP contribution in [0.4, 0.5) is 0 Å². The Hall–Kier alpha value is -1.06. The Kier molecular flexibility index (Phi) is 3.49. The van der Waals surface area contributed by atoms with Crippen molar-refractivity contribution in [3.8, 4) is 5.75 Å². The molecule has 0 saturated heterocycles. The quantitative estimate of drug-likeness (QED) is 0.764. The molecule has 78 valence electrons. The van der Waals surface area contributed by atoms with Crippen LogP contribution in [0, 0.1) is 13.8 Å². The van der Waals surface area contributed by atoms with Gasteiger partial charge in [0.15, 0.2) is 0 Å². The van der Waals surface area contributed by atoms with Crippen molar-refractivity contribution < 1.29 is 9.84 Å². The molecule has 0 aliphatic heterocycles. The molecule has 0 amide bonds. The van der Waals surface area contributed by atoms with Gasteiger partial charge in [0, 0.05) is 0 Å². The summed E-state index contributed by atoms with van der Waals surface area (Å²) in [6.07, 6.45) is 0. The Morgan fingerprint density at radius 1 is 1.43 bits per heavy atom. The Bertz CT molecular complexity index is 323. The number of hydrogen-bond donors (Lipinski definition) is 2. The van der Waals surface area contributed by atoms with Crippen molar-refractivity contribution in [3.05, 3.63) is 28.8 Å². The van der Waals surface area contributed by atoms with E-state index in [0.717, 1.165) is 22.4 Å². The fourth-order valence-electron chi connectivity index (χ4n) is 1.66. The van der Waals surface area contributed by atoms with E-state index in [0.29, 0.717) is 0 Å². The van der Waals surface area contributed by atoms with Crippen LogP contribution in [0.2, 0.25) is 0 Å². The van der Waals surface area contributed by atoms with Crippen LogP contribution >= 0.6 is 0 Å². The van der Waals surface area contributed by atoms with Gasteiger partial charge in [-0.25, -0.2) is 0 Å². The number of nitrogens with two attached hydrogens (primary N) is 1. The molecule has 1 rings (SSSR count). The lowest BCUT2D eigenvalue weighted by molar-refractivity contribution is 0.267. The molecule has 0 heterocycles. The highest BCUT2D eigenvalue weighted by atomic mass is 16.5. The first-order chi connectivity index (χ1) is 6.61. The van der Waals surface area contributed by atoms with E-state index in [1.54, 1.807) is 7.11 Å². The summed E-state index contributed by atoms with van der Waals surface area (Å²) < 4.78 is 5.27. The van der Waals surface area contributed by atoms with Gasteiger partial charge in [-0.1, -0.05) is 12.1 Å². The number of ether oxygens (including phenoxy) is 1. The van der Waals surface area contributed by atoms with Gasteiger partial charge in [-0.3, -0.25) is 0 Å². The predicted molar refractivity (Wildman–Crippen MR) is 56.5 cm³/mol. The zero-order valence-electron chi connectivity index (χ0n) is 8.87. The number of rotatable bonds is 3. The van der Waals surface area contributed by atoms with Crippen molar-refractivity contribution in [2.75, 3.05) is 13.7 Å². The maximum atomic E-state index is 8.98. The predicted octanol–water partition coefficient (Wildman–Crippen LogP) is 1.30. The summed E-state index contributed by atoms with van der Waals surface area (Å²) in [5, 5.41) is 8.98. The third-order valence-electron chi connectivity index (χ3n) is 2.44. The number of aliphatic hydroxyl groups is 1. The molecule has 0 aromatic heterocycles. The first kappa shape index (κ1) is 11.0. The molecule has 3 N–H and O–H groups in total. The summed E-state index contributed by atoms with van der Waals surface area (Å²) >= 11 is 0. The molecule has 3 heteroatoms. The van der Waals surface area contributed by atoms with Crippen molar-refractivity contribution in [2.24, 2.45) is 5.73 Å². The van der Waals surface area contributed by atoms with E-state index in [4.69, 9.17) is 15.6 Å². The van der Waals surface area contributed by atoms with E-state index in [1.807, 2.05) is 26.0 Å². The Morgan fingerprint density at radius 2 is 2.07 bits per heavy atom. The van der Waals surface area contributed by atoms with Gasteiger partial charge >= 0.3 is 0 Å². The number of methoxy groups -OCH3 is 1. The minimum atomic E-state index is -0.329. The molecule has 0 bridgehead atoms. The molecular formula is C11H17NO2. The first-order valence-corrected chi connectivity index (χ1v) is 4.62. The normalized spacial score (nSPS) is 12.6. The van der Waals surface area contributed by atoms with E-state index in [1.165, 1.54) is 0 Å². The molecule has 0 radical (unpaired) electrons. The van der Waals surface area contributed by atoms with Crippen LogP contribution in [-0.4, -0.2) is 18.8 Å². The average molecular weight is 195 g/mol. The number of hydrogen-bond acceptors (Lipinski definition) is 3. The van der Waals surface area contributed by atoms with Crippen molar-refractivity contribution in [3.63, 3.8) is 0 Å². The molecule has 0 aliphatic carbocycles. The van der Waals surface area contributed by atoms with Gasteiger partial charge in [0.25, 0.3) is 0 Å². The minimum Gasteiger partial charge on any atom is -0.496 e. The van der Waals surface area contributed by atoms with Crippen LogP contribution in [0.3, 0.4) is 0 Å². The third kappa shape index (κ3) is 1.89. The molecule has 1 atom stereocenters. The lowest BCUT2D eigenvalue weighted by Gasteiger charge is -2.16. The standard InChI is InChI=1S/C11H17NO2/c1-7-4-5-9(10(12)6-13)8(2)11(7)14-3/h4-5,10,13H,6,12H2,1-3H3. The maximum absolute atomic E-state index is 8.98. The van der Waals surface area contributed by atoms with E-state index < -0.39 is 0 Å². The van der Waals surface area contributed by atoms with Gasteiger partial charge in [-0.05, 0) is 30.5 Å². The van der Waals surface area contributed by atoms with Gasteiger partial charge in [-0.2, -0.15) is 0 Å². The van der Waals surface area contributed by atoms with Crippen molar-refractivity contribution in [2.45, 2.75) is 19.9 Å². The maximum Gasteiger partial charge on any atom is 0.125 e. The summed E-state index contributed by atoms with van der Waals surface area (Å²) in [4.78, 5) is 0. The highest BCUT2D eigenvalue weighted by Gasteiger charge is 2.12. The minimum absolute atomic E-state index is 0.0486. The first-order valence-electron chi connectivity index (χ1n) is 4.62. The molecule has 0 aliphatic rings. The number of benzene rings is 1. The van der Waals surface area contributed by atoms with Crippen molar-refractivity contribution >= 4 is 0 Å². The smallest absolute Gasteiger partial charge is 0.125 e. The molecule has 0 saturated carbocycles. The number of aliphatic hydroxyl groups excluding tert-OH is 1. The highest BCUT2D eigenvalue weighted by molar-refractivity contribution is 5.46.